The van der Waals surface area contributed by atoms with Crippen LogP contribution in [-0.2, 0) is 32.1 Å². The van der Waals surface area contributed by atoms with Gasteiger partial charge in [0.2, 0.25) is 11.8 Å². The number of carbonyl (C=O) groups excluding carboxylic acids is 3. The van der Waals surface area contributed by atoms with Crippen molar-refractivity contribution in [3.8, 4) is 0 Å². The summed E-state index contributed by atoms with van der Waals surface area (Å²) in [6, 6.07) is 14.7. The molecule has 2 aliphatic heterocycles. The van der Waals surface area contributed by atoms with Gasteiger partial charge in [-0.25, -0.2) is 0 Å². The molecule has 2 aromatic carbocycles. The predicted octanol–water partition coefficient (Wildman–Crippen LogP) is 2.35. The molecule has 1 N–H and O–H groups in total. The normalized spacial score (nSPS) is 18.8. The summed E-state index contributed by atoms with van der Waals surface area (Å²) in [4.78, 5) is 40.4. The van der Waals surface area contributed by atoms with E-state index < -0.39 is 6.04 Å². The predicted molar refractivity (Wildman–Crippen MR) is 113 cm³/mol. The van der Waals surface area contributed by atoms with Gasteiger partial charge < -0.3 is 15.0 Å². The topological polar surface area (TPSA) is 79.0 Å². The smallest absolute Gasteiger partial charge is 0.323 e. The molecule has 30 heavy (non-hydrogen) atoms. The number of carbonyl (C=O) groups is 3. The maximum atomic E-state index is 12.7. The highest BCUT2D eigenvalue weighted by molar-refractivity contribution is 5.96. The Labute approximate surface area is 175 Å². The Morgan fingerprint density at radius 2 is 1.83 bits per heavy atom. The lowest BCUT2D eigenvalue weighted by atomic mass is 9.94. The lowest BCUT2D eigenvalue weighted by Crippen LogP contribution is -2.49. The maximum absolute atomic E-state index is 12.7. The Morgan fingerprint density at radius 3 is 2.50 bits per heavy atom. The molecule has 1 saturated heterocycles. The minimum Gasteiger partial charge on any atom is -0.468 e. The van der Waals surface area contributed by atoms with Crippen molar-refractivity contribution in [2.45, 2.75) is 31.8 Å². The van der Waals surface area contributed by atoms with Gasteiger partial charge in [-0.05, 0) is 48.2 Å². The standard InChI is InChI=1S/C23H25N3O4/c1-30-23(29)20-13-16-5-2-3-6-17(16)14-25(20)15-21(27)24-18-8-10-19(11-9-18)26-12-4-7-22(26)28/h2-3,5-6,8-11,20H,4,7,12-15H2,1H3,(H,24,27)/t20-/m0/s1. The van der Waals surface area contributed by atoms with Crippen LogP contribution < -0.4 is 10.2 Å². The van der Waals surface area contributed by atoms with Crippen molar-refractivity contribution >= 4 is 29.2 Å². The average molecular weight is 407 g/mol. The molecule has 4 rings (SSSR count). The summed E-state index contributed by atoms with van der Waals surface area (Å²) in [6.07, 6.45) is 1.98. The van der Waals surface area contributed by atoms with Crippen molar-refractivity contribution in [3.05, 3.63) is 59.7 Å². The van der Waals surface area contributed by atoms with Crippen LogP contribution in [0.5, 0.6) is 0 Å². The molecule has 7 heteroatoms. The van der Waals surface area contributed by atoms with Gasteiger partial charge in [0.15, 0.2) is 0 Å². The molecule has 2 aromatic rings. The van der Waals surface area contributed by atoms with Crippen molar-refractivity contribution in [3.63, 3.8) is 0 Å². The van der Waals surface area contributed by atoms with Crippen LogP contribution in [0.25, 0.3) is 0 Å². The number of amides is 2. The molecule has 0 radical (unpaired) electrons. The fourth-order valence-corrected chi connectivity index (χ4v) is 4.14. The fourth-order valence-electron chi connectivity index (χ4n) is 4.14. The number of benzene rings is 2. The zero-order valence-electron chi connectivity index (χ0n) is 17.0. The number of ether oxygens (including phenoxy) is 1. The van der Waals surface area contributed by atoms with Gasteiger partial charge in [0, 0.05) is 30.9 Å². The van der Waals surface area contributed by atoms with E-state index in [2.05, 4.69) is 5.32 Å². The van der Waals surface area contributed by atoms with Crippen LogP contribution in [0.4, 0.5) is 11.4 Å². The third-order valence-corrected chi connectivity index (χ3v) is 5.70. The second kappa shape index (κ2) is 8.67. The molecule has 2 heterocycles. The summed E-state index contributed by atoms with van der Waals surface area (Å²) in [5, 5.41) is 2.88. The third kappa shape index (κ3) is 4.21. The van der Waals surface area contributed by atoms with Crippen LogP contribution in [0.3, 0.4) is 0 Å². The van der Waals surface area contributed by atoms with E-state index in [1.165, 1.54) is 7.11 Å². The van der Waals surface area contributed by atoms with Gasteiger partial charge >= 0.3 is 5.97 Å². The van der Waals surface area contributed by atoms with Crippen LogP contribution in [0.15, 0.2) is 48.5 Å². The Morgan fingerprint density at radius 1 is 1.10 bits per heavy atom. The van der Waals surface area contributed by atoms with Gasteiger partial charge in [-0.1, -0.05) is 24.3 Å². The number of rotatable bonds is 5. The molecule has 0 saturated carbocycles. The van der Waals surface area contributed by atoms with Crippen molar-refractivity contribution < 1.29 is 19.1 Å². The molecule has 0 spiro atoms. The van der Waals surface area contributed by atoms with Gasteiger partial charge in [0.1, 0.15) is 6.04 Å². The van der Waals surface area contributed by atoms with Crippen molar-refractivity contribution in [2.24, 2.45) is 0 Å². The van der Waals surface area contributed by atoms with Gasteiger partial charge in [-0.3, -0.25) is 19.3 Å². The minimum atomic E-state index is -0.487. The van der Waals surface area contributed by atoms with Gasteiger partial charge in [-0.15, -0.1) is 0 Å². The van der Waals surface area contributed by atoms with Crippen LogP contribution in [0, 0.1) is 0 Å². The number of esters is 1. The Kier molecular flexibility index (Phi) is 5.81. The van der Waals surface area contributed by atoms with Crippen LogP contribution in [0.2, 0.25) is 0 Å². The van der Waals surface area contributed by atoms with E-state index in [0.717, 1.165) is 29.8 Å². The number of anilines is 2. The SMILES string of the molecule is COC(=O)[C@@H]1Cc2ccccc2CN1CC(=O)Nc1ccc(N2CCCC2=O)cc1. The van der Waals surface area contributed by atoms with E-state index in [9.17, 15) is 14.4 Å². The summed E-state index contributed by atoms with van der Waals surface area (Å²) in [5.74, 6) is -0.406. The number of nitrogens with one attached hydrogen (secondary N) is 1. The first-order chi connectivity index (χ1) is 14.5. The fraction of sp³-hybridized carbons (Fsp3) is 0.348. The Balaban J connectivity index is 1.42. The summed E-state index contributed by atoms with van der Waals surface area (Å²) in [5.41, 5.74) is 3.72. The lowest BCUT2D eigenvalue weighted by Gasteiger charge is -2.34. The number of nitrogens with zero attached hydrogens (tertiary/aromatic N) is 2. The molecule has 2 amide bonds. The van der Waals surface area contributed by atoms with E-state index in [4.69, 9.17) is 4.74 Å². The van der Waals surface area contributed by atoms with Crippen LogP contribution in [0.1, 0.15) is 24.0 Å². The van der Waals surface area contributed by atoms with Crippen molar-refractivity contribution in [1.29, 1.82) is 0 Å². The Bertz CT molecular complexity index is 957. The molecule has 0 unspecified atom stereocenters. The van der Waals surface area contributed by atoms with E-state index in [-0.39, 0.29) is 24.3 Å². The van der Waals surface area contributed by atoms with Crippen molar-refractivity contribution in [1.82, 2.24) is 4.90 Å². The molecule has 7 nitrogen and oxygen atoms in total. The first-order valence-electron chi connectivity index (χ1n) is 10.1. The lowest BCUT2D eigenvalue weighted by molar-refractivity contribution is -0.148. The third-order valence-electron chi connectivity index (χ3n) is 5.70. The zero-order valence-corrected chi connectivity index (χ0v) is 17.0. The van der Waals surface area contributed by atoms with Crippen LogP contribution >= 0.6 is 0 Å². The molecule has 0 bridgehead atoms. The number of methoxy groups -OCH3 is 1. The van der Waals surface area contributed by atoms with E-state index >= 15 is 0 Å². The summed E-state index contributed by atoms with van der Waals surface area (Å²) in [7, 11) is 1.37. The quantitative estimate of drug-likeness (QED) is 0.770. The molecular weight excluding hydrogens is 382 g/mol. The first-order valence-corrected chi connectivity index (χ1v) is 10.1. The van der Waals surface area contributed by atoms with E-state index in [1.807, 2.05) is 41.3 Å². The largest absolute Gasteiger partial charge is 0.468 e. The molecule has 2 aliphatic rings. The highest BCUT2D eigenvalue weighted by atomic mass is 16.5. The summed E-state index contributed by atoms with van der Waals surface area (Å²) >= 11 is 0. The molecule has 0 aliphatic carbocycles. The molecule has 1 fully saturated rings. The highest BCUT2D eigenvalue weighted by Crippen LogP contribution is 2.25. The maximum Gasteiger partial charge on any atom is 0.323 e. The molecule has 1 atom stereocenters. The first kappa shape index (κ1) is 20.1. The molecule has 156 valence electrons. The van der Waals surface area contributed by atoms with Gasteiger partial charge in [0.05, 0.1) is 13.7 Å². The minimum absolute atomic E-state index is 0.0838. The summed E-state index contributed by atoms with van der Waals surface area (Å²) in [6.45, 7) is 1.33. The molecular formula is C23H25N3O4. The Hall–Kier alpha value is -3.19. The van der Waals surface area contributed by atoms with E-state index in [1.54, 1.807) is 17.0 Å². The van der Waals surface area contributed by atoms with Crippen LogP contribution in [-0.4, -0.2) is 48.9 Å². The van der Waals surface area contributed by atoms with Gasteiger partial charge in [0.25, 0.3) is 0 Å². The van der Waals surface area contributed by atoms with Gasteiger partial charge in [-0.2, -0.15) is 0 Å². The zero-order chi connectivity index (χ0) is 21.1. The van der Waals surface area contributed by atoms with E-state index in [0.29, 0.717) is 25.1 Å². The average Bonchev–Trinajstić information content (AvgIpc) is 3.19. The highest BCUT2D eigenvalue weighted by Gasteiger charge is 2.33. The molecule has 0 aromatic heterocycles. The second-order valence-electron chi connectivity index (χ2n) is 7.66. The number of hydrogen-bond donors (Lipinski definition) is 1. The van der Waals surface area contributed by atoms with Crippen molar-refractivity contribution in [2.75, 3.05) is 30.4 Å². The number of fused-ring (bicyclic) bond motifs is 1. The summed E-state index contributed by atoms with van der Waals surface area (Å²) < 4.78 is 4.96. The second-order valence-corrected chi connectivity index (χ2v) is 7.66. The number of hydrogen-bond acceptors (Lipinski definition) is 5. The monoisotopic (exact) mass is 407 g/mol.